The van der Waals surface area contributed by atoms with Crippen LogP contribution in [-0.2, 0) is 9.53 Å². The first-order valence-electron chi connectivity index (χ1n) is 6.66. The zero-order valence-corrected chi connectivity index (χ0v) is 10.6. The van der Waals surface area contributed by atoms with Gasteiger partial charge in [0.25, 0.3) is 0 Å². The summed E-state index contributed by atoms with van der Waals surface area (Å²) in [6.45, 7) is 5.56. The van der Waals surface area contributed by atoms with Crippen LogP contribution < -0.4 is 5.32 Å². The van der Waals surface area contributed by atoms with Crippen LogP contribution >= 0.6 is 0 Å². The SMILES string of the molecule is CCCNCC(=O)OC1CCCC(CC)C1. The van der Waals surface area contributed by atoms with Crippen LogP contribution in [0.15, 0.2) is 0 Å². The number of hydrogen-bond acceptors (Lipinski definition) is 3. The van der Waals surface area contributed by atoms with Gasteiger partial charge in [0.15, 0.2) is 0 Å². The molecule has 0 aromatic rings. The Morgan fingerprint density at radius 3 is 2.88 bits per heavy atom. The quantitative estimate of drug-likeness (QED) is 0.559. The van der Waals surface area contributed by atoms with Crippen molar-refractivity contribution in [3.63, 3.8) is 0 Å². The first kappa shape index (κ1) is 13.5. The molecule has 1 saturated carbocycles. The molecule has 0 spiro atoms. The third-order valence-corrected chi connectivity index (χ3v) is 3.31. The van der Waals surface area contributed by atoms with Crippen LogP contribution in [0, 0.1) is 5.92 Å². The van der Waals surface area contributed by atoms with Crippen LogP contribution in [0.25, 0.3) is 0 Å². The van der Waals surface area contributed by atoms with Gasteiger partial charge >= 0.3 is 5.97 Å². The summed E-state index contributed by atoms with van der Waals surface area (Å²) in [6.07, 6.45) is 7.06. The van der Waals surface area contributed by atoms with Crippen molar-refractivity contribution in [3.05, 3.63) is 0 Å². The average molecular weight is 227 g/mol. The van der Waals surface area contributed by atoms with Crippen LogP contribution in [0.1, 0.15) is 52.4 Å². The Morgan fingerprint density at radius 2 is 2.19 bits per heavy atom. The second-order valence-corrected chi connectivity index (χ2v) is 4.73. The maximum atomic E-state index is 11.5. The van der Waals surface area contributed by atoms with Crippen molar-refractivity contribution >= 4 is 5.97 Å². The van der Waals surface area contributed by atoms with E-state index in [1.54, 1.807) is 0 Å². The molecule has 1 fully saturated rings. The monoisotopic (exact) mass is 227 g/mol. The van der Waals surface area contributed by atoms with E-state index in [-0.39, 0.29) is 12.1 Å². The van der Waals surface area contributed by atoms with E-state index < -0.39 is 0 Å². The molecule has 0 aromatic carbocycles. The van der Waals surface area contributed by atoms with E-state index in [1.165, 1.54) is 19.3 Å². The summed E-state index contributed by atoms with van der Waals surface area (Å²) in [5.74, 6) is 0.672. The molecule has 0 aliphatic heterocycles. The van der Waals surface area contributed by atoms with Crippen LogP contribution in [0.5, 0.6) is 0 Å². The summed E-state index contributed by atoms with van der Waals surface area (Å²) in [5.41, 5.74) is 0. The maximum Gasteiger partial charge on any atom is 0.320 e. The number of ether oxygens (including phenoxy) is 1. The summed E-state index contributed by atoms with van der Waals surface area (Å²) in [4.78, 5) is 11.5. The van der Waals surface area contributed by atoms with Crippen molar-refractivity contribution in [1.82, 2.24) is 5.32 Å². The van der Waals surface area contributed by atoms with Gasteiger partial charge in [0.05, 0.1) is 6.54 Å². The highest BCUT2D eigenvalue weighted by molar-refractivity contribution is 5.71. The van der Waals surface area contributed by atoms with Crippen LogP contribution in [0.2, 0.25) is 0 Å². The van der Waals surface area contributed by atoms with Gasteiger partial charge in [-0.05, 0) is 38.1 Å². The van der Waals surface area contributed by atoms with E-state index >= 15 is 0 Å². The summed E-state index contributed by atoms with van der Waals surface area (Å²) >= 11 is 0. The van der Waals surface area contributed by atoms with Gasteiger partial charge in [0, 0.05) is 0 Å². The summed E-state index contributed by atoms with van der Waals surface area (Å²) in [7, 11) is 0. The van der Waals surface area contributed by atoms with E-state index in [0.29, 0.717) is 6.54 Å². The highest BCUT2D eigenvalue weighted by Crippen LogP contribution is 2.28. The Labute approximate surface area is 98.9 Å². The molecule has 0 aromatic heterocycles. The molecule has 1 aliphatic rings. The molecule has 2 unspecified atom stereocenters. The molecule has 1 N–H and O–H groups in total. The van der Waals surface area contributed by atoms with Gasteiger partial charge < -0.3 is 10.1 Å². The molecule has 0 heterocycles. The van der Waals surface area contributed by atoms with Crippen molar-refractivity contribution in [1.29, 1.82) is 0 Å². The first-order chi connectivity index (χ1) is 7.76. The predicted octanol–water partition coefficient (Wildman–Crippen LogP) is 2.50. The molecule has 0 bridgehead atoms. The number of rotatable bonds is 6. The smallest absolute Gasteiger partial charge is 0.320 e. The van der Waals surface area contributed by atoms with Gasteiger partial charge in [0.1, 0.15) is 6.10 Å². The van der Waals surface area contributed by atoms with Crippen LogP contribution in [-0.4, -0.2) is 25.2 Å². The van der Waals surface area contributed by atoms with Crippen molar-refractivity contribution in [2.75, 3.05) is 13.1 Å². The minimum absolute atomic E-state index is 0.0878. The van der Waals surface area contributed by atoms with E-state index in [9.17, 15) is 4.79 Å². The fourth-order valence-corrected chi connectivity index (χ4v) is 2.31. The standard InChI is InChI=1S/C13H25NO2/c1-3-8-14-10-13(15)16-12-7-5-6-11(4-2)9-12/h11-12,14H,3-10H2,1-2H3. The number of carbonyl (C=O) groups excluding carboxylic acids is 1. The molecule has 1 rings (SSSR count). The number of esters is 1. The molecule has 3 nitrogen and oxygen atoms in total. The van der Waals surface area contributed by atoms with Crippen molar-refractivity contribution in [2.45, 2.75) is 58.5 Å². The molecule has 3 heteroatoms. The summed E-state index contributed by atoms with van der Waals surface area (Å²) < 4.78 is 5.47. The van der Waals surface area contributed by atoms with Gasteiger partial charge in [-0.15, -0.1) is 0 Å². The minimum Gasteiger partial charge on any atom is -0.461 e. The third kappa shape index (κ3) is 4.97. The summed E-state index contributed by atoms with van der Waals surface area (Å²) in [5, 5.41) is 3.08. The van der Waals surface area contributed by atoms with Gasteiger partial charge in [-0.2, -0.15) is 0 Å². The highest BCUT2D eigenvalue weighted by atomic mass is 16.5. The zero-order valence-electron chi connectivity index (χ0n) is 10.6. The second-order valence-electron chi connectivity index (χ2n) is 4.73. The lowest BCUT2D eigenvalue weighted by atomic mass is 9.85. The number of nitrogens with one attached hydrogen (secondary N) is 1. The van der Waals surface area contributed by atoms with Crippen molar-refractivity contribution < 1.29 is 9.53 Å². The number of hydrogen-bond donors (Lipinski definition) is 1. The van der Waals surface area contributed by atoms with E-state index in [2.05, 4.69) is 19.2 Å². The molecule has 2 atom stereocenters. The Bertz CT molecular complexity index is 206. The Balaban J connectivity index is 2.17. The Hall–Kier alpha value is -0.570. The second kappa shape index (κ2) is 7.66. The highest BCUT2D eigenvalue weighted by Gasteiger charge is 2.23. The maximum absolute atomic E-state index is 11.5. The molecule has 0 radical (unpaired) electrons. The zero-order chi connectivity index (χ0) is 11.8. The van der Waals surface area contributed by atoms with E-state index in [0.717, 1.165) is 31.7 Å². The van der Waals surface area contributed by atoms with Gasteiger partial charge in [-0.25, -0.2) is 0 Å². The summed E-state index contributed by atoms with van der Waals surface area (Å²) in [6, 6.07) is 0. The Kier molecular flexibility index (Phi) is 6.46. The topological polar surface area (TPSA) is 38.3 Å². The molecule has 1 aliphatic carbocycles. The molecular weight excluding hydrogens is 202 g/mol. The third-order valence-electron chi connectivity index (χ3n) is 3.31. The number of carbonyl (C=O) groups is 1. The molecule has 16 heavy (non-hydrogen) atoms. The normalized spacial score (nSPS) is 25.4. The van der Waals surface area contributed by atoms with Crippen LogP contribution in [0.3, 0.4) is 0 Å². The Morgan fingerprint density at radius 1 is 1.38 bits per heavy atom. The fraction of sp³-hybridized carbons (Fsp3) is 0.923. The molecule has 94 valence electrons. The minimum atomic E-state index is -0.0878. The first-order valence-corrected chi connectivity index (χ1v) is 6.66. The lowest BCUT2D eigenvalue weighted by molar-refractivity contribution is -0.150. The fourth-order valence-electron chi connectivity index (χ4n) is 2.31. The van der Waals surface area contributed by atoms with Gasteiger partial charge in [0.2, 0.25) is 0 Å². The van der Waals surface area contributed by atoms with Crippen molar-refractivity contribution in [3.8, 4) is 0 Å². The van der Waals surface area contributed by atoms with Gasteiger partial charge in [-0.1, -0.05) is 26.7 Å². The molecular formula is C13H25NO2. The lowest BCUT2D eigenvalue weighted by Crippen LogP contribution is -2.31. The average Bonchev–Trinajstić information content (AvgIpc) is 2.29. The lowest BCUT2D eigenvalue weighted by Gasteiger charge is -2.28. The van der Waals surface area contributed by atoms with E-state index in [4.69, 9.17) is 4.74 Å². The van der Waals surface area contributed by atoms with Gasteiger partial charge in [-0.3, -0.25) is 4.79 Å². The molecule has 0 amide bonds. The van der Waals surface area contributed by atoms with Crippen LogP contribution in [0.4, 0.5) is 0 Å². The largest absolute Gasteiger partial charge is 0.461 e. The van der Waals surface area contributed by atoms with E-state index in [1.807, 2.05) is 0 Å². The predicted molar refractivity (Wildman–Crippen MR) is 65.3 cm³/mol. The molecule has 0 saturated heterocycles. The van der Waals surface area contributed by atoms with Crippen molar-refractivity contribution in [2.24, 2.45) is 5.92 Å².